The molecule has 0 aliphatic carbocycles. The Bertz CT molecular complexity index is 1500. The molecule has 0 unspecified atom stereocenters. The molecule has 3 heterocycles. The van der Waals surface area contributed by atoms with E-state index in [1.807, 2.05) is 57.2 Å². The van der Waals surface area contributed by atoms with Crippen LogP contribution in [0, 0.1) is 13.8 Å². The van der Waals surface area contributed by atoms with E-state index in [2.05, 4.69) is 21.1 Å². The Balaban J connectivity index is 1.53. The van der Waals surface area contributed by atoms with Crippen molar-refractivity contribution in [2.75, 3.05) is 5.73 Å². The molecule has 2 aromatic heterocycles. The Morgan fingerprint density at radius 2 is 1.97 bits per heavy atom. The van der Waals surface area contributed by atoms with Crippen LogP contribution < -0.4 is 16.0 Å². The number of nitrogens with two attached hydrogens (primary N) is 1. The lowest BCUT2D eigenvalue weighted by atomic mass is 9.99. The van der Waals surface area contributed by atoms with Crippen LogP contribution in [-0.4, -0.2) is 20.3 Å². The Hall–Kier alpha value is -3.78. The number of allylic oxidation sites excluding steroid dienone is 1. The van der Waals surface area contributed by atoms with Crippen molar-refractivity contribution in [1.82, 2.24) is 14.6 Å². The lowest BCUT2D eigenvalue weighted by Crippen LogP contribution is -2.17. The van der Waals surface area contributed by atoms with Crippen molar-refractivity contribution >= 4 is 45.2 Å². The summed E-state index contributed by atoms with van der Waals surface area (Å²) in [5, 5.41) is 5.21. The number of aliphatic imine (C=N–C) groups is 1. The molecule has 0 saturated heterocycles. The van der Waals surface area contributed by atoms with Crippen molar-refractivity contribution in [2.24, 2.45) is 4.99 Å². The number of ether oxygens (including phenoxy) is 1. The van der Waals surface area contributed by atoms with Crippen LogP contribution in [0.3, 0.4) is 0 Å². The molecule has 2 N–H and O–H groups in total. The van der Waals surface area contributed by atoms with E-state index in [4.69, 9.17) is 10.5 Å². The lowest BCUT2D eigenvalue weighted by molar-refractivity contribution is 0.302. The SMILES string of the molecule is CC1=Nc2ccc(C)cc2C1=Cc1c(N)n2nc(COc3ccccc3C)sc2nc1=O. The Kier molecular flexibility index (Phi) is 4.86. The third kappa shape index (κ3) is 3.48. The smallest absolute Gasteiger partial charge is 0.283 e. The molecule has 7 nitrogen and oxygen atoms in total. The van der Waals surface area contributed by atoms with Crippen LogP contribution in [-0.2, 0) is 6.61 Å². The summed E-state index contributed by atoms with van der Waals surface area (Å²) >= 11 is 1.28. The molecule has 2 aromatic carbocycles. The fraction of sp³-hybridized carbons (Fsp3) is 0.167. The standard InChI is InChI=1S/C24H21N5O2S/c1-13-8-9-19-17(10-13)16(15(3)26-19)11-18-22(25)29-24(27-23(18)30)32-21(28-29)12-31-20-7-5-4-6-14(20)2/h4-11H,12,25H2,1-3H3. The van der Waals surface area contributed by atoms with Gasteiger partial charge in [-0.1, -0.05) is 41.2 Å². The second-order valence-corrected chi connectivity index (χ2v) is 8.78. The maximum Gasteiger partial charge on any atom is 0.283 e. The van der Waals surface area contributed by atoms with Gasteiger partial charge in [-0.05, 0) is 50.6 Å². The number of anilines is 1. The molecule has 0 spiro atoms. The highest BCUT2D eigenvalue weighted by atomic mass is 32.1. The average molecular weight is 444 g/mol. The molecule has 0 fully saturated rings. The topological polar surface area (TPSA) is 94.9 Å². The predicted octanol–water partition coefficient (Wildman–Crippen LogP) is 4.58. The molecule has 0 saturated carbocycles. The van der Waals surface area contributed by atoms with E-state index in [9.17, 15) is 4.79 Å². The number of nitrogen functional groups attached to an aromatic ring is 1. The normalized spacial score (nSPS) is 14.1. The number of aromatic nitrogens is 3. The highest BCUT2D eigenvalue weighted by Gasteiger charge is 2.20. The Morgan fingerprint density at radius 1 is 1.16 bits per heavy atom. The van der Waals surface area contributed by atoms with Gasteiger partial charge in [0.1, 0.15) is 18.2 Å². The first-order chi connectivity index (χ1) is 15.4. The summed E-state index contributed by atoms with van der Waals surface area (Å²) < 4.78 is 7.39. The summed E-state index contributed by atoms with van der Waals surface area (Å²) in [6, 6.07) is 13.8. The van der Waals surface area contributed by atoms with Gasteiger partial charge in [0, 0.05) is 16.8 Å². The highest BCUT2D eigenvalue weighted by molar-refractivity contribution is 7.16. The molecule has 8 heteroatoms. The Labute approximate surface area is 188 Å². The molecule has 1 aliphatic heterocycles. The molecular formula is C24H21N5O2S. The average Bonchev–Trinajstić information content (AvgIpc) is 3.30. The minimum Gasteiger partial charge on any atom is -0.486 e. The predicted molar refractivity (Wildman–Crippen MR) is 129 cm³/mol. The van der Waals surface area contributed by atoms with E-state index >= 15 is 0 Å². The number of rotatable bonds is 4. The van der Waals surface area contributed by atoms with Crippen LogP contribution in [0.4, 0.5) is 11.5 Å². The van der Waals surface area contributed by atoms with E-state index in [0.717, 1.165) is 39.4 Å². The van der Waals surface area contributed by atoms with E-state index in [-0.39, 0.29) is 18.0 Å². The minimum absolute atomic E-state index is 0.250. The lowest BCUT2D eigenvalue weighted by Gasteiger charge is -2.06. The van der Waals surface area contributed by atoms with Crippen LogP contribution >= 0.6 is 11.3 Å². The number of hydrogen-bond acceptors (Lipinski definition) is 7. The third-order valence-electron chi connectivity index (χ3n) is 5.39. The summed E-state index contributed by atoms with van der Waals surface area (Å²) in [6.07, 6.45) is 1.77. The molecule has 0 bridgehead atoms. The van der Waals surface area contributed by atoms with Crippen LogP contribution in [0.1, 0.15) is 34.2 Å². The zero-order valence-corrected chi connectivity index (χ0v) is 18.7. The maximum absolute atomic E-state index is 12.8. The van der Waals surface area contributed by atoms with E-state index < -0.39 is 0 Å². The van der Waals surface area contributed by atoms with Crippen molar-refractivity contribution in [2.45, 2.75) is 27.4 Å². The zero-order valence-electron chi connectivity index (χ0n) is 17.9. The molecular weight excluding hydrogens is 422 g/mol. The number of benzene rings is 2. The summed E-state index contributed by atoms with van der Waals surface area (Å²) in [7, 11) is 0. The van der Waals surface area contributed by atoms with Gasteiger partial charge >= 0.3 is 0 Å². The van der Waals surface area contributed by atoms with Crippen molar-refractivity contribution in [1.29, 1.82) is 0 Å². The quantitative estimate of drug-likeness (QED) is 0.498. The van der Waals surface area contributed by atoms with Gasteiger partial charge < -0.3 is 10.5 Å². The fourth-order valence-electron chi connectivity index (χ4n) is 3.70. The van der Waals surface area contributed by atoms with Gasteiger partial charge in [0.25, 0.3) is 5.56 Å². The first-order valence-corrected chi connectivity index (χ1v) is 11.0. The Morgan fingerprint density at radius 3 is 2.78 bits per heavy atom. The molecule has 1 aliphatic rings. The van der Waals surface area contributed by atoms with E-state index in [1.165, 1.54) is 15.9 Å². The summed E-state index contributed by atoms with van der Waals surface area (Å²) in [5.74, 6) is 1.04. The second-order valence-electron chi connectivity index (χ2n) is 7.74. The molecule has 0 atom stereocenters. The molecule has 0 amide bonds. The summed E-state index contributed by atoms with van der Waals surface area (Å²) in [4.78, 5) is 22.1. The van der Waals surface area contributed by atoms with E-state index in [0.29, 0.717) is 15.5 Å². The van der Waals surface area contributed by atoms with Crippen molar-refractivity contribution in [3.8, 4) is 5.75 Å². The number of aryl methyl sites for hydroxylation is 2. The van der Waals surface area contributed by atoms with Crippen LogP contribution in [0.5, 0.6) is 5.75 Å². The van der Waals surface area contributed by atoms with Gasteiger partial charge in [-0.25, -0.2) is 0 Å². The third-order valence-corrected chi connectivity index (χ3v) is 6.27. The van der Waals surface area contributed by atoms with Gasteiger partial charge in [-0.15, -0.1) is 0 Å². The van der Waals surface area contributed by atoms with Crippen molar-refractivity contribution < 1.29 is 4.74 Å². The number of nitrogens with zero attached hydrogens (tertiary/aromatic N) is 4. The zero-order chi connectivity index (χ0) is 22.4. The van der Waals surface area contributed by atoms with Gasteiger partial charge in [0.2, 0.25) is 4.96 Å². The summed E-state index contributed by atoms with van der Waals surface area (Å²) in [6.45, 7) is 6.20. The van der Waals surface area contributed by atoms with Crippen LogP contribution in [0.2, 0.25) is 0 Å². The molecule has 0 radical (unpaired) electrons. The largest absolute Gasteiger partial charge is 0.486 e. The minimum atomic E-state index is -0.390. The monoisotopic (exact) mass is 443 g/mol. The first kappa shape index (κ1) is 20.1. The number of para-hydroxylation sites is 1. The second kappa shape index (κ2) is 7.72. The molecule has 32 heavy (non-hydrogen) atoms. The van der Waals surface area contributed by atoms with Crippen LogP contribution in [0.25, 0.3) is 16.6 Å². The van der Waals surface area contributed by atoms with E-state index in [1.54, 1.807) is 6.08 Å². The number of fused-ring (bicyclic) bond motifs is 2. The maximum atomic E-state index is 12.8. The van der Waals surface area contributed by atoms with Gasteiger partial charge in [0.15, 0.2) is 5.01 Å². The van der Waals surface area contributed by atoms with Gasteiger partial charge in [0.05, 0.1) is 11.3 Å². The highest BCUT2D eigenvalue weighted by Crippen LogP contribution is 2.36. The fourth-order valence-corrected chi connectivity index (χ4v) is 4.50. The number of hydrogen-bond donors (Lipinski definition) is 1. The molecule has 4 aromatic rings. The molecule has 5 rings (SSSR count). The first-order valence-electron chi connectivity index (χ1n) is 10.2. The van der Waals surface area contributed by atoms with Crippen molar-refractivity contribution in [3.05, 3.63) is 80.1 Å². The van der Waals surface area contributed by atoms with Crippen molar-refractivity contribution in [3.63, 3.8) is 0 Å². The van der Waals surface area contributed by atoms with Crippen LogP contribution in [0.15, 0.2) is 52.3 Å². The molecule has 160 valence electrons. The van der Waals surface area contributed by atoms with Gasteiger partial charge in [-0.3, -0.25) is 9.79 Å². The van der Waals surface area contributed by atoms with Gasteiger partial charge in [-0.2, -0.15) is 14.6 Å². The summed E-state index contributed by atoms with van der Waals surface area (Å²) in [5.41, 5.74) is 12.0.